The molecule has 204 valence electrons. The highest BCUT2D eigenvalue weighted by atomic mass is 32.1. The molecule has 0 fully saturated rings. The number of anilines is 1. The molecule has 0 aliphatic heterocycles. The van der Waals surface area contributed by atoms with Crippen LogP contribution in [-0.4, -0.2) is 27.7 Å². The van der Waals surface area contributed by atoms with E-state index in [0.29, 0.717) is 35.2 Å². The third-order valence-electron chi connectivity index (χ3n) is 4.90. The first-order valence-electron chi connectivity index (χ1n) is 12.2. The van der Waals surface area contributed by atoms with Crippen molar-refractivity contribution in [1.82, 2.24) is 20.5 Å². The summed E-state index contributed by atoms with van der Waals surface area (Å²) in [7, 11) is 0. The quantitative estimate of drug-likeness (QED) is 0.0810. The summed E-state index contributed by atoms with van der Waals surface area (Å²) in [6.07, 6.45) is 10.4. The number of hydrogen-bond acceptors (Lipinski definition) is 10. The number of rotatable bonds is 16. The number of nitrogens with two attached hydrogens (primary N) is 4. The van der Waals surface area contributed by atoms with Crippen molar-refractivity contribution in [2.45, 2.75) is 59.8 Å². The molecule has 1 heterocycles. The lowest BCUT2D eigenvalue weighted by atomic mass is 10.1. The van der Waals surface area contributed by atoms with Crippen LogP contribution in [0.3, 0.4) is 0 Å². The van der Waals surface area contributed by atoms with Crippen molar-refractivity contribution in [3.05, 3.63) is 76.7 Å². The maximum Gasteiger partial charge on any atom is 0.229 e. The average molecular weight is 530 g/mol. The van der Waals surface area contributed by atoms with Crippen molar-refractivity contribution < 1.29 is 4.79 Å². The van der Waals surface area contributed by atoms with E-state index in [2.05, 4.69) is 34.0 Å². The minimum absolute atomic E-state index is 0.182. The predicted octanol–water partition coefficient (Wildman–Crippen LogP) is 3.48. The van der Waals surface area contributed by atoms with E-state index in [1.165, 1.54) is 16.3 Å². The highest BCUT2D eigenvalue weighted by Gasteiger charge is 2.08. The van der Waals surface area contributed by atoms with Gasteiger partial charge in [-0.05, 0) is 51.2 Å². The van der Waals surface area contributed by atoms with Crippen LogP contribution in [0.4, 0.5) is 5.13 Å². The molecule has 1 amide bonds. The molecule has 0 atom stereocenters. The maximum absolute atomic E-state index is 12.0. The number of aromatic nitrogens is 2. The van der Waals surface area contributed by atoms with Gasteiger partial charge in [0.05, 0.1) is 6.54 Å². The third-order valence-corrected chi connectivity index (χ3v) is 5.80. The summed E-state index contributed by atoms with van der Waals surface area (Å²) in [6.45, 7) is 15.9. The Balaban J connectivity index is 2.39. The topological polar surface area (TPSA) is 174 Å². The monoisotopic (exact) mass is 529 g/mol. The van der Waals surface area contributed by atoms with Crippen LogP contribution >= 0.6 is 11.3 Å². The Bertz CT molecular complexity index is 1050. The summed E-state index contributed by atoms with van der Waals surface area (Å²) < 4.78 is 0. The van der Waals surface area contributed by atoms with Gasteiger partial charge >= 0.3 is 0 Å². The number of unbranched alkanes of at least 4 members (excludes halogenated alkanes) is 1. The van der Waals surface area contributed by atoms with Crippen LogP contribution in [0.1, 0.15) is 58.4 Å². The number of amides is 1. The summed E-state index contributed by atoms with van der Waals surface area (Å²) in [5.74, 6) is 6.25. The van der Waals surface area contributed by atoms with Crippen LogP contribution in [0.2, 0.25) is 0 Å². The molecule has 10 nitrogen and oxygen atoms in total. The van der Waals surface area contributed by atoms with Crippen LogP contribution in [0.15, 0.2) is 71.6 Å². The molecular weight excluding hydrogens is 486 g/mol. The number of nitrogens with zero attached hydrogens (tertiary/aromatic N) is 3. The van der Waals surface area contributed by atoms with E-state index in [1.807, 2.05) is 33.8 Å². The van der Waals surface area contributed by atoms with Crippen LogP contribution in [0, 0.1) is 5.92 Å². The number of nitrogens with one attached hydrogen (secondary N) is 2. The van der Waals surface area contributed by atoms with Crippen molar-refractivity contribution >= 4 is 22.4 Å². The van der Waals surface area contributed by atoms with Crippen LogP contribution < -0.4 is 33.7 Å². The van der Waals surface area contributed by atoms with Crippen molar-refractivity contribution in [1.29, 1.82) is 0 Å². The molecule has 0 saturated heterocycles. The van der Waals surface area contributed by atoms with E-state index in [-0.39, 0.29) is 24.1 Å². The van der Waals surface area contributed by atoms with Crippen LogP contribution in [0.5, 0.6) is 0 Å². The lowest BCUT2D eigenvalue weighted by Crippen LogP contribution is -2.30. The molecule has 1 aromatic heterocycles. The summed E-state index contributed by atoms with van der Waals surface area (Å²) in [5, 5.41) is 17.3. The van der Waals surface area contributed by atoms with E-state index in [4.69, 9.17) is 23.0 Å². The summed E-state index contributed by atoms with van der Waals surface area (Å²) in [4.78, 5) is 12.0. The van der Waals surface area contributed by atoms with Crippen molar-refractivity contribution in [3.63, 3.8) is 0 Å². The van der Waals surface area contributed by atoms with Gasteiger partial charge in [-0.15, -0.1) is 10.2 Å². The molecule has 37 heavy (non-hydrogen) atoms. The Morgan fingerprint density at radius 3 is 2.49 bits per heavy atom. The molecule has 0 radical (unpaired) electrons. The fraction of sp³-hybridized carbons (Fsp3) is 0.423. The zero-order valence-corrected chi connectivity index (χ0v) is 23.3. The smallest absolute Gasteiger partial charge is 0.229 e. The van der Waals surface area contributed by atoms with Crippen molar-refractivity contribution in [2.75, 3.05) is 11.9 Å². The predicted molar refractivity (Wildman–Crippen MR) is 154 cm³/mol. The fourth-order valence-corrected chi connectivity index (χ4v) is 3.89. The highest BCUT2D eigenvalue weighted by Crippen LogP contribution is 2.19. The van der Waals surface area contributed by atoms with Crippen LogP contribution in [-0.2, 0) is 11.2 Å². The second-order valence-corrected chi connectivity index (χ2v) is 10.4. The number of allylic oxidation sites excluding steroid dienone is 6. The van der Waals surface area contributed by atoms with Gasteiger partial charge in [0.1, 0.15) is 10.8 Å². The van der Waals surface area contributed by atoms with Gasteiger partial charge in [-0.1, -0.05) is 55.6 Å². The minimum atomic E-state index is -0.182. The number of carbonyl (C=O) groups excluding carboxylic acids is 1. The first-order valence-corrected chi connectivity index (χ1v) is 13.0. The average Bonchev–Trinajstić information content (AvgIpc) is 3.21. The van der Waals surface area contributed by atoms with Gasteiger partial charge in [0.15, 0.2) is 0 Å². The first-order chi connectivity index (χ1) is 17.3. The standard InChI is InChI=1S/C26H43N9OS/c1-17(2)13-19(5)14-24(36)32-23(29)12-11-21(27)9-7-8-10-25-33-34-26(37-25)31-20(6)15-35(30)16-22(28)18(3)4/h11-13,16,18H,1,6-10,14-15,27-30H2,2-5H3,(H,31,34)(H,32,36)/b19-13+,21-11-,22-16-,23-12+. The number of hydrazine groups is 1. The van der Waals surface area contributed by atoms with E-state index in [1.54, 1.807) is 18.4 Å². The fourth-order valence-electron chi connectivity index (χ4n) is 3.06. The van der Waals surface area contributed by atoms with Crippen molar-refractivity contribution in [3.8, 4) is 0 Å². The van der Waals surface area contributed by atoms with Crippen LogP contribution in [0.25, 0.3) is 0 Å². The molecule has 0 spiro atoms. The van der Waals surface area contributed by atoms with Gasteiger partial charge in [-0.25, -0.2) is 5.84 Å². The normalized spacial score (nSPS) is 13.0. The second-order valence-electron chi connectivity index (χ2n) is 9.32. The lowest BCUT2D eigenvalue weighted by molar-refractivity contribution is -0.119. The number of hydrogen-bond donors (Lipinski definition) is 6. The zero-order valence-electron chi connectivity index (χ0n) is 22.5. The third kappa shape index (κ3) is 14.6. The molecule has 0 aliphatic rings. The highest BCUT2D eigenvalue weighted by molar-refractivity contribution is 7.15. The first kappa shape index (κ1) is 31.5. The molecule has 0 bridgehead atoms. The van der Waals surface area contributed by atoms with E-state index < -0.39 is 0 Å². The second kappa shape index (κ2) is 16.2. The van der Waals surface area contributed by atoms with Gasteiger partial charge in [-0.2, -0.15) is 0 Å². The number of aryl methyl sites for hydroxylation is 1. The zero-order chi connectivity index (χ0) is 28.0. The van der Waals surface area contributed by atoms with E-state index in [0.717, 1.165) is 35.4 Å². The Hall–Kier alpha value is -3.57. The maximum atomic E-state index is 12.0. The van der Waals surface area contributed by atoms with Gasteiger partial charge < -0.3 is 32.8 Å². The molecule has 1 aromatic rings. The van der Waals surface area contributed by atoms with Gasteiger partial charge in [0.25, 0.3) is 0 Å². The molecule has 11 heteroatoms. The number of carbonyl (C=O) groups is 1. The summed E-state index contributed by atoms with van der Waals surface area (Å²) >= 11 is 1.48. The largest absolute Gasteiger partial charge is 0.402 e. The molecule has 0 aliphatic carbocycles. The Morgan fingerprint density at radius 2 is 1.84 bits per heavy atom. The Kier molecular flexibility index (Phi) is 13.8. The molecule has 10 N–H and O–H groups in total. The minimum Gasteiger partial charge on any atom is -0.402 e. The van der Waals surface area contributed by atoms with Gasteiger partial charge in [0, 0.05) is 36.1 Å². The Morgan fingerprint density at radius 1 is 1.14 bits per heavy atom. The molecule has 0 saturated carbocycles. The molecule has 1 rings (SSSR count). The van der Waals surface area contributed by atoms with Gasteiger partial charge in [-0.3, -0.25) is 4.79 Å². The Labute approximate surface area is 224 Å². The molecule has 0 unspecified atom stereocenters. The van der Waals surface area contributed by atoms with Crippen molar-refractivity contribution in [2.24, 2.45) is 29.0 Å². The van der Waals surface area contributed by atoms with E-state index in [9.17, 15) is 4.79 Å². The van der Waals surface area contributed by atoms with Gasteiger partial charge in [0.2, 0.25) is 11.0 Å². The summed E-state index contributed by atoms with van der Waals surface area (Å²) in [5.41, 5.74) is 21.8. The van der Waals surface area contributed by atoms with E-state index >= 15 is 0 Å². The molecular formula is C26H43N9OS. The summed E-state index contributed by atoms with van der Waals surface area (Å²) in [6, 6.07) is 0. The lowest BCUT2D eigenvalue weighted by Gasteiger charge is -2.17. The SMILES string of the molecule is C=C(C)/C=C(\C)CC(=O)N/C(N)=C/C=C(\N)CCCCc1nnc(NC(=C)CN(N)/C=C(\N)C(C)C)s1. The molecule has 0 aromatic carbocycles.